The fraction of sp³-hybridized carbons (Fsp3) is 0.444. The maximum atomic E-state index is 5.90. The maximum absolute atomic E-state index is 5.90. The van der Waals surface area contributed by atoms with Crippen molar-refractivity contribution < 1.29 is 13.9 Å². The molecule has 1 aliphatic heterocycles. The van der Waals surface area contributed by atoms with Gasteiger partial charge in [-0.1, -0.05) is 13.0 Å². The van der Waals surface area contributed by atoms with E-state index in [4.69, 9.17) is 13.9 Å². The zero-order chi connectivity index (χ0) is 14.9. The monoisotopic (exact) mass is 335 g/mol. The highest BCUT2D eigenvalue weighted by molar-refractivity contribution is 5.85. The second-order valence-corrected chi connectivity index (χ2v) is 6.21. The lowest BCUT2D eigenvalue weighted by atomic mass is 10.2. The molecule has 4 rings (SSSR count). The summed E-state index contributed by atoms with van der Waals surface area (Å²) in [5, 5.41) is 3.42. The molecule has 5 heteroatoms. The summed E-state index contributed by atoms with van der Waals surface area (Å²) in [6.45, 7) is 5.05. The van der Waals surface area contributed by atoms with E-state index in [0.717, 1.165) is 42.0 Å². The van der Waals surface area contributed by atoms with Gasteiger partial charge in [-0.05, 0) is 42.2 Å². The molecule has 0 amide bonds. The first kappa shape index (κ1) is 16.2. The largest absolute Gasteiger partial charge is 0.486 e. The first-order valence-electron chi connectivity index (χ1n) is 7.97. The van der Waals surface area contributed by atoms with Crippen molar-refractivity contribution in [3.05, 3.63) is 47.4 Å². The Balaban J connectivity index is 0.00000156. The highest BCUT2D eigenvalue weighted by Gasteiger charge is 2.36. The fourth-order valence-electron chi connectivity index (χ4n) is 2.94. The van der Waals surface area contributed by atoms with Crippen molar-refractivity contribution >= 4 is 12.4 Å². The Morgan fingerprint density at radius 1 is 1.04 bits per heavy atom. The number of hydrogen-bond acceptors (Lipinski definition) is 4. The third-order valence-corrected chi connectivity index (χ3v) is 4.39. The van der Waals surface area contributed by atoms with Gasteiger partial charge in [-0.3, -0.25) is 0 Å². The van der Waals surface area contributed by atoms with Crippen LogP contribution in [0, 0.1) is 5.92 Å². The standard InChI is InChI=1S/C18H21NO3.ClH/c1-12-8-15(12)16-5-3-14(22-16)11-19-10-13-2-4-17-18(9-13)21-7-6-20-17;/h2-5,9,12,15,19H,6-8,10-11H2,1H3;1H. The molecule has 0 saturated heterocycles. The van der Waals surface area contributed by atoms with Crippen LogP contribution in [0.4, 0.5) is 0 Å². The summed E-state index contributed by atoms with van der Waals surface area (Å²) in [5.74, 6) is 5.25. The minimum absolute atomic E-state index is 0. The average Bonchev–Trinajstić information content (AvgIpc) is 3.09. The highest BCUT2D eigenvalue weighted by atomic mass is 35.5. The van der Waals surface area contributed by atoms with Crippen molar-refractivity contribution in [1.29, 1.82) is 0 Å². The van der Waals surface area contributed by atoms with Gasteiger partial charge in [-0.25, -0.2) is 0 Å². The van der Waals surface area contributed by atoms with Crippen LogP contribution < -0.4 is 14.8 Å². The first-order valence-corrected chi connectivity index (χ1v) is 7.97. The van der Waals surface area contributed by atoms with Crippen LogP contribution in [-0.2, 0) is 13.1 Å². The molecule has 2 heterocycles. The molecule has 1 N–H and O–H groups in total. The van der Waals surface area contributed by atoms with Crippen LogP contribution >= 0.6 is 12.4 Å². The molecular formula is C18H22ClNO3. The molecule has 1 aromatic heterocycles. The van der Waals surface area contributed by atoms with Crippen LogP contribution in [-0.4, -0.2) is 13.2 Å². The zero-order valence-electron chi connectivity index (χ0n) is 13.2. The molecule has 2 atom stereocenters. The summed E-state index contributed by atoms with van der Waals surface area (Å²) in [4.78, 5) is 0. The Labute approximate surface area is 142 Å². The predicted octanol–water partition coefficient (Wildman–Crippen LogP) is 3.89. The third-order valence-electron chi connectivity index (χ3n) is 4.39. The summed E-state index contributed by atoms with van der Waals surface area (Å²) in [5.41, 5.74) is 1.19. The van der Waals surface area contributed by atoms with Crippen molar-refractivity contribution in [1.82, 2.24) is 5.32 Å². The van der Waals surface area contributed by atoms with Crippen LogP contribution in [0.1, 0.15) is 36.3 Å². The molecule has 1 fully saturated rings. The quantitative estimate of drug-likeness (QED) is 0.900. The molecule has 0 radical (unpaired) electrons. The van der Waals surface area contributed by atoms with E-state index >= 15 is 0 Å². The number of rotatable bonds is 5. The molecule has 23 heavy (non-hydrogen) atoms. The summed E-state index contributed by atoms with van der Waals surface area (Å²) in [7, 11) is 0. The zero-order valence-corrected chi connectivity index (χ0v) is 14.0. The molecule has 1 aliphatic carbocycles. The smallest absolute Gasteiger partial charge is 0.161 e. The van der Waals surface area contributed by atoms with Gasteiger partial charge in [-0.2, -0.15) is 0 Å². The normalized spacial score (nSPS) is 21.6. The van der Waals surface area contributed by atoms with Gasteiger partial charge in [0.1, 0.15) is 24.7 Å². The lowest BCUT2D eigenvalue weighted by Gasteiger charge is -2.18. The topological polar surface area (TPSA) is 43.6 Å². The third kappa shape index (κ3) is 3.65. The van der Waals surface area contributed by atoms with Crippen LogP contribution in [0.3, 0.4) is 0 Å². The molecule has 4 nitrogen and oxygen atoms in total. The van der Waals surface area contributed by atoms with Gasteiger partial charge in [0.25, 0.3) is 0 Å². The molecule has 2 aromatic rings. The maximum Gasteiger partial charge on any atom is 0.161 e. The van der Waals surface area contributed by atoms with E-state index in [1.54, 1.807) is 0 Å². The number of benzene rings is 1. The lowest BCUT2D eigenvalue weighted by molar-refractivity contribution is 0.171. The van der Waals surface area contributed by atoms with E-state index < -0.39 is 0 Å². The van der Waals surface area contributed by atoms with Gasteiger partial charge in [0.2, 0.25) is 0 Å². The molecule has 2 aliphatic rings. The van der Waals surface area contributed by atoms with Gasteiger partial charge in [-0.15, -0.1) is 12.4 Å². The molecule has 0 spiro atoms. The number of nitrogens with one attached hydrogen (secondary N) is 1. The van der Waals surface area contributed by atoms with Crippen molar-refractivity contribution in [3.8, 4) is 11.5 Å². The Bertz CT molecular complexity index is 670. The molecule has 1 aromatic carbocycles. The van der Waals surface area contributed by atoms with Crippen molar-refractivity contribution in [2.24, 2.45) is 5.92 Å². The van der Waals surface area contributed by atoms with Crippen molar-refractivity contribution in [3.63, 3.8) is 0 Å². The summed E-state index contributed by atoms with van der Waals surface area (Å²) in [6, 6.07) is 10.3. The number of hydrogen-bond donors (Lipinski definition) is 1. The molecule has 2 unspecified atom stereocenters. The van der Waals surface area contributed by atoms with Crippen molar-refractivity contribution in [2.45, 2.75) is 32.4 Å². The van der Waals surface area contributed by atoms with Crippen LogP contribution in [0.15, 0.2) is 34.7 Å². The molecule has 1 saturated carbocycles. The van der Waals surface area contributed by atoms with Gasteiger partial charge in [0, 0.05) is 12.5 Å². The first-order chi connectivity index (χ1) is 10.8. The Morgan fingerprint density at radius 2 is 1.83 bits per heavy atom. The van der Waals surface area contributed by atoms with Gasteiger partial charge < -0.3 is 19.2 Å². The number of furan rings is 1. The van der Waals surface area contributed by atoms with Gasteiger partial charge in [0.15, 0.2) is 11.5 Å². The molecule has 124 valence electrons. The SMILES string of the molecule is CC1CC1c1ccc(CNCc2ccc3c(c2)OCCO3)o1.Cl. The van der Waals surface area contributed by atoms with Gasteiger partial charge >= 0.3 is 0 Å². The second-order valence-electron chi connectivity index (χ2n) is 6.21. The predicted molar refractivity (Wildman–Crippen MR) is 90.5 cm³/mol. The van der Waals surface area contributed by atoms with E-state index in [1.807, 2.05) is 12.1 Å². The van der Waals surface area contributed by atoms with Crippen molar-refractivity contribution in [2.75, 3.05) is 13.2 Å². The molecule has 0 bridgehead atoms. The Kier molecular flexibility index (Phi) is 4.83. The Morgan fingerprint density at radius 3 is 2.61 bits per heavy atom. The van der Waals surface area contributed by atoms with E-state index in [0.29, 0.717) is 19.1 Å². The van der Waals surface area contributed by atoms with E-state index in [1.165, 1.54) is 12.0 Å². The summed E-state index contributed by atoms with van der Waals surface area (Å²) in [6.07, 6.45) is 1.26. The van der Waals surface area contributed by atoms with E-state index in [-0.39, 0.29) is 12.4 Å². The summed E-state index contributed by atoms with van der Waals surface area (Å²) >= 11 is 0. The summed E-state index contributed by atoms with van der Waals surface area (Å²) < 4.78 is 17.0. The van der Waals surface area contributed by atoms with Crippen LogP contribution in [0.5, 0.6) is 11.5 Å². The Hall–Kier alpha value is -1.65. The number of ether oxygens (including phenoxy) is 2. The average molecular weight is 336 g/mol. The molecular weight excluding hydrogens is 314 g/mol. The van der Waals surface area contributed by atoms with Gasteiger partial charge in [0.05, 0.1) is 6.54 Å². The minimum atomic E-state index is 0. The number of halogens is 1. The van der Waals surface area contributed by atoms with E-state index in [9.17, 15) is 0 Å². The van der Waals surface area contributed by atoms with E-state index in [2.05, 4.69) is 30.4 Å². The van der Waals surface area contributed by atoms with Crippen LogP contribution in [0.2, 0.25) is 0 Å². The fourth-order valence-corrected chi connectivity index (χ4v) is 2.94. The lowest BCUT2D eigenvalue weighted by Crippen LogP contribution is -2.16. The highest BCUT2D eigenvalue weighted by Crippen LogP contribution is 2.47. The number of fused-ring (bicyclic) bond motifs is 1. The second kappa shape index (κ2) is 6.85. The minimum Gasteiger partial charge on any atom is -0.486 e. The van der Waals surface area contributed by atoms with Crippen LogP contribution in [0.25, 0.3) is 0 Å².